The standard InChI is InChI=1S/C11H17NO2/c1-3-4-5-6-10(13)11-9-12(2)7-8-14-11/h11H,5-9H2,1-2H3. The molecule has 78 valence electrons. The molecule has 0 N–H and O–H groups in total. The highest BCUT2D eigenvalue weighted by atomic mass is 16.5. The molecule has 1 rings (SSSR count). The Labute approximate surface area is 85.4 Å². The van der Waals surface area contributed by atoms with Crippen molar-refractivity contribution in [2.75, 3.05) is 26.7 Å². The molecule has 14 heavy (non-hydrogen) atoms. The largest absolute Gasteiger partial charge is 0.368 e. The van der Waals surface area contributed by atoms with Crippen LogP contribution in [0.2, 0.25) is 0 Å². The smallest absolute Gasteiger partial charge is 0.163 e. The lowest BCUT2D eigenvalue weighted by Gasteiger charge is -2.28. The van der Waals surface area contributed by atoms with Crippen LogP contribution in [0.5, 0.6) is 0 Å². The molecule has 1 atom stereocenters. The maximum absolute atomic E-state index is 11.6. The Morgan fingerprint density at radius 1 is 1.64 bits per heavy atom. The average Bonchev–Trinajstić information content (AvgIpc) is 2.18. The van der Waals surface area contributed by atoms with Gasteiger partial charge >= 0.3 is 0 Å². The van der Waals surface area contributed by atoms with E-state index in [0.29, 0.717) is 19.4 Å². The van der Waals surface area contributed by atoms with Crippen molar-refractivity contribution < 1.29 is 9.53 Å². The zero-order chi connectivity index (χ0) is 10.4. The number of nitrogens with zero attached hydrogens (tertiary/aromatic N) is 1. The van der Waals surface area contributed by atoms with Crippen LogP contribution in [0.3, 0.4) is 0 Å². The van der Waals surface area contributed by atoms with E-state index in [1.54, 1.807) is 6.92 Å². The summed E-state index contributed by atoms with van der Waals surface area (Å²) in [6, 6.07) is 0. The van der Waals surface area contributed by atoms with Crippen LogP contribution >= 0.6 is 0 Å². The van der Waals surface area contributed by atoms with E-state index < -0.39 is 0 Å². The van der Waals surface area contributed by atoms with Crippen molar-refractivity contribution in [2.24, 2.45) is 0 Å². The topological polar surface area (TPSA) is 29.5 Å². The van der Waals surface area contributed by atoms with Gasteiger partial charge in [-0.3, -0.25) is 4.79 Å². The van der Waals surface area contributed by atoms with E-state index in [1.807, 2.05) is 7.05 Å². The van der Waals surface area contributed by atoms with E-state index >= 15 is 0 Å². The van der Waals surface area contributed by atoms with Crippen LogP contribution in [0.4, 0.5) is 0 Å². The Bertz CT molecular complexity index is 252. The molecule has 0 bridgehead atoms. The number of carbonyl (C=O) groups is 1. The van der Waals surface area contributed by atoms with Crippen LogP contribution in [0, 0.1) is 11.8 Å². The van der Waals surface area contributed by atoms with Gasteiger partial charge in [0.1, 0.15) is 6.10 Å². The summed E-state index contributed by atoms with van der Waals surface area (Å²) in [4.78, 5) is 13.7. The van der Waals surface area contributed by atoms with Crippen molar-refractivity contribution >= 4 is 5.78 Å². The molecule has 0 aromatic rings. The van der Waals surface area contributed by atoms with Crippen LogP contribution in [-0.2, 0) is 9.53 Å². The van der Waals surface area contributed by atoms with E-state index in [9.17, 15) is 4.79 Å². The lowest BCUT2D eigenvalue weighted by atomic mass is 10.1. The minimum Gasteiger partial charge on any atom is -0.368 e. The van der Waals surface area contributed by atoms with Gasteiger partial charge in [-0.1, -0.05) is 0 Å². The van der Waals surface area contributed by atoms with Gasteiger partial charge in [0.2, 0.25) is 0 Å². The van der Waals surface area contributed by atoms with Gasteiger partial charge in [-0.25, -0.2) is 0 Å². The fourth-order valence-electron chi connectivity index (χ4n) is 1.44. The number of hydrogen-bond donors (Lipinski definition) is 0. The first kappa shape index (κ1) is 11.2. The number of ether oxygens (including phenoxy) is 1. The van der Waals surface area contributed by atoms with E-state index in [2.05, 4.69) is 16.7 Å². The molecule has 3 nitrogen and oxygen atoms in total. The minimum absolute atomic E-state index is 0.180. The third kappa shape index (κ3) is 3.49. The zero-order valence-corrected chi connectivity index (χ0v) is 8.88. The summed E-state index contributed by atoms with van der Waals surface area (Å²) in [5.41, 5.74) is 0. The van der Waals surface area contributed by atoms with Gasteiger partial charge in [0.25, 0.3) is 0 Å². The first-order chi connectivity index (χ1) is 6.74. The highest BCUT2D eigenvalue weighted by Crippen LogP contribution is 2.06. The zero-order valence-electron chi connectivity index (χ0n) is 8.88. The number of likely N-dealkylation sites (N-methyl/N-ethyl adjacent to an activating group) is 1. The molecule has 3 heteroatoms. The maximum Gasteiger partial charge on any atom is 0.163 e. The SMILES string of the molecule is CC#CCCC(=O)C1CN(C)CCO1. The number of carbonyl (C=O) groups excluding carboxylic acids is 1. The van der Waals surface area contributed by atoms with Crippen molar-refractivity contribution in [3.63, 3.8) is 0 Å². The van der Waals surface area contributed by atoms with E-state index in [4.69, 9.17) is 4.74 Å². The number of ketones is 1. The van der Waals surface area contributed by atoms with Gasteiger partial charge in [-0.05, 0) is 14.0 Å². The number of rotatable bonds is 3. The fraction of sp³-hybridized carbons (Fsp3) is 0.727. The monoisotopic (exact) mass is 195 g/mol. The quantitative estimate of drug-likeness (QED) is 0.620. The normalized spacial score (nSPS) is 22.6. The number of Topliss-reactive ketones (excluding diaryl/α,β-unsaturated/α-hetero) is 1. The van der Waals surface area contributed by atoms with Gasteiger partial charge in [-0.2, -0.15) is 0 Å². The number of hydrogen-bond acceptors (Lipinski definition) is 3. The summed E-state index contributed by atoms with van der Waals surface area (Å²) in [6.45, 7) is 4.08. The predicted octanol–water partition coefficient (Wildman–Crippen LogP) is 0.690. The van der Waals surface area contributed by atoms with Crippen molar-refractivity contribution in [1.29, 1.82) is 0 Å². The third-order valence-corrected chi connectivity index (χ3v) is 2.30. The molecular formula is C11H17NO2. The fourth-order valence-corrected chi connectivity index (χ4v) is 1.44. The van der Waals surface area contributed by atoms with Gasteiger partial charge in [0.05, 0.1) is 6.61 Å². The van der Waals surface area contributed by atoms with Crippen LogP contribution < -0.4 is 0 Å². The van der Waals surface area contributed by atoms with Crippen LogP contribution in [0.15, 0.2) is 0 Å². The molecule has 1 unspecified atom stereocenters. The molecule has 1 saturated heterocycles. The molecule has 1 aliphatic heterocycles. The molecule has 0 radical (unpaired) electrons. The summed E-state index contributed by atoms with van der Waals surface area (Å²) in [6.07, 6.45) is 0.936. The van der Waals surface area contributed by atoms with E-state index in [1.165, 1.54) is 0 Å². The first-order valence-electron chi connectivity index (χ1n) is 4.96. The molecule has 0 saturated carbocycles. The van der Waals surface area contributed by atoms with E-state index in [-0.39, 0.29) is 11.9 Å². The number of morpholine rings is 1. The highest BCUT2D eigenvalue weighted by Gasteiger charge is 2.23. The second-order valence-electron chi connectivity index (χ2n) is 3.51. The Kier molecular flexibility index (Phi) is 4.64. The van der Waals surface area contributed by atoms with Gasteiger partial charge in [0.15, 0.2) is 5.78 Å². The van der Waals surface area contributed by atoms with Crippen molar-refractivity contribution in [3.8, 4) is 11.8 Å². The predicted molar refractivity (Wildman–Crippen MR) is 54.9 cm³/mol. The molecule has 0 aromatic carbocycles. The summed E-state index contributed by atoms with van der Waals surface area (Å²) in [5.74, 6) is 5.85. The minimum atomic E-state index is -0.229. The Morgan fingerprint density at radius 2 is 2.43 bits per heavy atom. The third-order valence-electron chi connectivity index (χ3n) is 2.30. The summed E-state index contributed by atoms with van der Waals surface area (Å²) in [7, 11) is 2.01. The molecule has 1 heterocycles. The molecule has 0 aliphatic carbocycles. The molecular weight excluding hydrogens is 178 g/mol. The summed E-state index contributed by atoms with van der Waals surface area (Å²) < 4.78 is 5.40. The van der Waals surface area contributed by atoms with Crippen molar-refractivity contribution in [2.45, 2.75) is 25.9 Å². The molecule has 0 amide bonds. The molecule has 1 fully saturated rings. The Balaban J connectivity index is 2.31. The molecule has 1 aliphatic rings. The van der Waals surface area contributed by atoms with Crippen molar-refractivity contribution in [3.05, 3.63) is 0 Å². The summed E-state index contributed by atoms with van der Waals surface area (Å²) in [5, 5.41) is 0. The maximum atomic E-state index is 11.6. The second-order valence-corrected chi connectivity index (χ2v) is 3.51. The lowest BCUT2D eigenvalue weighted by molar-refractivity contribution is -0.135. The molecule has 0 spiro atoms. The molecule has 0 aromatic heterocycles. The average molecular weight is 195 g/mol. The van der Waals surface area contributed by atoms with Gasteiger partial charge in [0, 0.05) is 25.9 Å². The van der Waals surface area contributed by atoms with Crippen LogP contribution in [-0.4, -0.2) is 43.5 Å². The Morgan fingerprint density at radius 3 is 3.07 bits per heavy atom. The van der Waals surface area contributed by atoms with Crippen molar-refractivity contribution in [1.82, 2.24) is 4.90 Å². The highest BCUT2D eigenvalue weighted by molar-refractivity contribution is 5.83. The lowest BCUT2D eigenvalue weighted by Crippen LogP contribution is -2.44. The summed E-state index contributed by atoms with van der Waals surface area (Å²) >= 11 is 0. The first-order valence-corrected chi connectivity index (χ1v) is 4.96. The van der Waals surface area contributed by atoms with Crippen LogP contribution in [0.25, 0.3) is 0 Å². The van der Waals surface area contributed by atoms with E-state index in [0.717, 1.165) is 13.1 Å². The van der Waals surface area contributed by atoms with Gasteiger partial charge < -0.3 is 9.64 Å². The van der Waals surface area contributed by atoms with Gasteiger partial charge in [-0.15, -0.1) is 11.8 Å². The Hall–Kier alpha value is -0.850. The van der Waals surface area contributed by atoms with Crippen LogP contribution in [0.1, 0.15) is 19.8 Å². The second kappa shape index (κ2) is 5.79.